The number of hydrogen-bond donors (Lipinski definition) is 1. The van der Waals surface area contributed by atoms with Gasteiger partial charge in [-0.1, -0.05) is 23.8 Å². The Morgan fingerprint density at radius 1 is 0.955 bits per heavy atom. The van der Waals surface area contributed by atoms with Gasteiger partial charge in [0.25, 0.3) is 0 Å². The third-order valence-corrected chi connectivity index (χ3v) is 3.45. The molecule has 0 saturated heterocycles. The Hall–Kier alpha value is -2.75. The molecular weight excluding hydrogens is 272 g/mol. The van der Waals surface area contributed by atoms with Crippen LogP contribution in [0.2, 0.25) is 0 Å². The normalized spacial score (nSPS) is 10.4. The van der Waals surface area contributed by atoms with Crippen molar-refractivity contribution in [1.82, 2.24) is 15.2 Å². The lowest BCUT2D eigenvalue weighted by Gasteiger charge is -2.06. The van der Waals surface area contributed by atoms with Crippen molar-refractivity contribution in [3.05, 3.63) is 72.1 Å². The monoisotopic (exact) mass is 290 g/mol. The van der Waals surface area contributed by atoms with Crippen molar-refractivity contribution >= 4 is 5.82 Å². The Labute approximate surface area is 130 Å². The van der Waals surface area contributed by atoms with E-state index in [-0.39, 0.29) is 0 Å². The van der Waals surface area contributed by atoms with E-state index in [0.29, 0.717) is 0 Å². The zero-order valence-corrected chi connectivity index (χ0v) is 12.5. The van der Waals surface area contributed by atoms with E-state index < -0.39 is 0 Å². The molecule has 0 saturated carbocycles. The summed E-state index contributed by atoms with van der Waals surface area (Å²) in [6, 6.07) is 16.3. The van der Waals surface area contributed by atoms with Gasteiger partial charge < -0.3 is 5.32 Å². The van der Waals surface area contributed by atoms with E-state index in [4.69, 9.17) is 0 Å². The van der Waals surface area contributed by atoms with Gasteiger partial charge in [0.1, 0.15) is 5.82 Å². The molecule has 110 valence electrons. The summed E-state index contributed by atoms with van der Waals surface area (Å²) >= 11 is 0. The Bertz CT molecular complexity index is 724. The standard InChI is InChI=1S/C18H18N4/c1-14-3-2-4-16(13-14)17-5-6-18(22-21-17)20-12-9-15-7-10-19-11-8-15/h2-8,10-11,13H,9,12H2,1H3,(H,20,22). The summed E-state index contributed by atoms with van der Waals surface area (Å²) in [5.74, 6) is 0.797. The maximum atomic E-state index is 4.29. The lowest BCUT2D eigenvalue weighted by atomic mass is 10.1. The molecule has 0 radical (unpaired) electrons. The van der Waals surface area contributed by atoms with Gasteiger partial charge in [-0.25, -0.2) is 0 Å². The first-order chi connectivity index (χ1) is 10.8. The number of rotatable bonds is 5. The van der Waals surface area contributed by atoms with Crippen molar-refractivity contribution in [2.45, 2.75) is 13.3 Å². The fraction of sp³-hybridized carbons (Fsp3) is 0.167. The van der Waals surface area contributed by atoms with Gasteiger partial charge in [0.05, 0.1) is 5.69 Å². The second-order valence-electron chi connectivity index (χ2n) is 5.21. The predicted molar refractivity (Wildman–Crippen MR) is 88.6 cm³/mol. The average Bonchev–Trinajstić information content (AvgIpc) is 2.56. The van der Waals surface area contributed by atoms with Crippen LogP contribution >= 0.6 is 0 Å². The van der Waals surface area contributed by atoms with Crippen LogP contribution in [0.5, 0.6) is 0 Å². The van der Waals surface area contributed by atoms with Gasteiger partial charge in [-0.3, -0.25) is 4.98 Å². The third-order valence-electron chi connectivity index (χ3n) is 3.45. The highest BCUT2D eigenvalue weighted by atomic mass is 15.2. The number of pyridine rings is 1. The fourth-order valence-corrected chi connectivity index (χ4v) is 2.27. The van der Waals surface area contributed by atoms with Gasteiger partial charge in [0.2, 0.25) is 0 Å². The number of anilines is 1. The molecular formula is C18H18N4. The second kappa shape index (κ2) is 6.80. The third kappa shape index (κ3) is 3.67. The molecule has 3 aromatic rings. The van der Waals surface area contributed by atoms with Gasteiger partial charge in [0.15, 0.2) is 0 Å². The molecule has 2 aromatic heterocycles. The average molecular weight is 290 g/mol. The van der Waals surface area contributed by atoms with Crippen molar-refractivity contribution in [3.63, 3.8) is 0 Å². The zero-order chi connectivity index (χ0) is 15.2. The SMILES string of the molecule is Cc1cccc(-c2ccc(NCCc3ccncc3)nn2)c1. The van der Waals surface area contributed by atoms with E-state index in [1.54, 1.807) is 0 Å². The van der Waals surface area contributed by atoms with E-state index in [1.807, 2.05) is 48.8 Å². The Morgan fingerprint density at radius 2 is 1.82 bits per heavy atom. The number of aryl methyl sites for hydroxylation is 1. The van der Waals surface area contributed by atoms with Crippen LogP contribution in [-0.4, -0.2) is 21.7 Å². The Balaban J connectivity index is 1.60. The highest BCUT2D eigenvalue weighted by Crippen LogP contribution is 2.18. The van der Waals surface area contributed by atoms with E-state index in [1.165, 1.54) is 11.1 Å². The Morgan fingerprint density at radius 3 is 2.55 bits per heavy atom. The molecule has 2 heterocycles. The van der Waals surface area contributed by atoms with Crippen molar-refractivity contribution in [3.8, 4) is 11.3 Å². The molecule has 0 fully saturated rings. The van der Waals surface area contributed by atoms with E-state index in [9.17, 15) is 0 Å². The van der Waals surface area contributed by atoms with Crippen LogP contribution in [0, 0.1) is 6.92 Å². The van der Waals surface area contributed by atoms with Crippen LogP contribution in [-0.2, 0) is 6.42 Å². The maximum Gasteiger partial charge on any atom is 0.148 e. The van der Waals surface area contributed by atoms with Gasteiger partial charge in [-0.2, -0.15) is 0 Å². The first-order valence-electron chi connectivity index (χ1n) is 7.35. The van der Waals surface area contributed by atoms with Gasteiger partial charge in [-0.05, 0) is 49.2 Å². The number of nitrogens with zero attached hydrogens (tertiary/aromatic N) is 3. The predicted octanol–water partition coefficient (Wildman–Crippen LogP) is 3.50. The quantitative estimate of drug-likeness (QED) is 0.781. The minimum absolute atomic E-state index is 0.797. The topological polar surface area (TPSA) is 50.7 Å². The van der Waals surface area contributed by atoms with Gasteiger partial charge in [0, 0.05) is 24.5 Å². The van der Waals surface area contributed by atoms with Crippen molar-refractivity contribution in [2.24, 2.45) is 0 Å². The van der Waals surface area contributed by atoms with Gasteiger partial charge >= 0.3 is 0 Å². The highest BCUT2D eigenvalue weighted by Gasteiger charge is 2.01. The number of benzene rings is 1. The molecule has 0 unspecified atom stereocenters. The van der Waals surface area contributed by atoms with Crippen molar-refractivity contribution in [2.75, 3.05) is 11.9 Å². The van der Waals surface area contributed by atoms with Crippen LogP contribution in [0.4, 0.5) is 5.82 Å². The highest BCUT2D eigenvalue weighted by molar-refractivity contribution is 5.60. The molecule has 0 bridgehead atoms. The molecule has 4 heteroatoms. The number of aromatic nitrogens is 3. The van der Waals surface area contributed by atoms with Crippen LogP contribution in [0.1, 0.15) is 11.1 Å². The first kappa shape index (κ1) is 14.2. The molecule has 4 nitrogen and oxygen atoms in total. The van der Waals surface area contributed by atoms with Gasteiger partial charge in [-0.15, -0.1) is 10.2 Å². The van der Waals surface area contributed by atoms with E-state index in [0.717, 1.165) is 30.0 Å². The molecule has 3 rings (SSSR count). The largest absolute Gasteiger partial charge is 0.368 e. The summed E-state index contributed by atoms with van der Waals surface area (Å²) < 4.78 is 0. The zero-order valence-electron chi connectivity index (χ0n) is 12.5. The minimum atomic E-state index is 0.797. The Kier molecular flexibility index (Phi) is 4.39. The van der Waals surface area contributed by atoms with Crippen LogP contribution in [0.25, 0.3) is 11.3 Å². The smallest absolute Gasteiger partial charge is 0.148 e. The van der Waals surface area contributed by atoms with Crippen LogP contribution in [0.3, 0.4) is 0 Å². The molecule has 0 aliphatic heterocycles. The molecule has 0 atom stereocenters. The molecule has 1 aromatic carbocycles. The maximum absolute atomic E-state index is 4.29. The van der Waals surface area contributed by atoms with E-state index in [2.05, 4.69) is 39.6 Å². The number of nitrogens with one attached hydrogen (secondary N) is 1. The van der Waals surface area contributed by atoms with Crippen molar-refractivity contribution in [1.29, 1.82) is 0 Å². The fourth-order valence-electron chi connectivity index (χ4n) is 2.27. The molecule has 0 aliphatic carbocycles. The summed E-state index contributed by atoms with van der Waals surface area (Å²) in [5, 5.41) is 11.8. The molecule has 0 spiro atoms. The summed E-state index contributed by atoms with van der Waals surface area (Å²) in [6.07, 6.45) is 4.56. The van der Waals surface area contributed by atoms with E-state index >= 15 is 0 Å². The summed E-state index contributed by atoms with van der Waals surface area (Å²) in [5.41, 5.74) is 4.46. The molecule has 0 aliphatic rings. The first-order valence-corrected chi connectivity index (χ1v) is 7.35. The lowest BCUT2D eigenvalue weighted by molar-refractivity contribution is 0.967. The molecule has 0 amide bonds. The number of hydrogen-bond acceptors (Lipinski definition) is 4. The summed E-state index contributed by atoms with van der Waals surface area (Å²) in [6.45, 7) is 2.90. The lowest BCUT2D eigenvalue weighted by Crippen LogP contribution is -2.07. The molecule has 22 heavy (non-hydrogen) atoms. The summed E-state index contributed by atoms with van der Waals surface area (Å²) in [7, 11) is 0. The van der Waals surface area contributed by atoms with Crippen LogP contribution < -0.4 is 5.32 Å². The minimum Gasteiger partial charge on any atom is -0.368 e. The second-order valence-corrected chi connectivity index (χ2v) is 5.21. The van der Waals surface area contributed by atoms with Crippen LogP contribution in [0.15, 0.2) is 60.9 Å². The summed E-state index contributed by atoms with van der Waals surface area (Å²) in [4.78, 5) is 4.01. The van der Waals surface area contributed by atoms with Crippen molar-refractivity contribution < 1.29 is 0 Å². The molecule has 1 N–H and O–H groups in total.